The number of nitrogens with one attached hydrogen (secondary N) is 1. The number of carbonyl (C=O) groups excluding carboxylic acids is 1. The van der Waals surface area contributed by atoms with E-state index in [2.05, 4.69) is 37.7 Å². The first-order valence-electron chi connectivity index (χ1n) is 12.7. The number of hydrogen-bond donors (Lipinski definition) is 2. The first-order chi connectivity index (χ1) is 21.1. The Labute approximate surface area is 251 Å². The van der Waals surface area contributed by atoms with Crippen molar-refractivity contribution in [3.05, 3.63) is 129 Å². The highest BCUT2D eigenvalue weighted by Gasteiger charge is 2.58. The van der Waals surface area contributed by atoms with Gasteiger partial charge in [0.2, 0.25) is 0 Å². The molecule has 0 spiro atoms. The fraction of sp³-hybridized carbons (Fsp3) is 0.133. The van der Waals surface area contributed by atoms with Crippen molar-refractivity contribution >= 4 is 17.2 Å². The van der Waals surface area contributed by atoms with E-state index in [9.17, 15) is 18.7 Å². The highest BCUT2D eigenvalue weighted by atomic mass is 32.1. The van der Waals surface area contributed by atoms with E-state index in [1.54, 1.807) is 36.4 Å². The van der Waals surface area contributed by atoms with Crippen LogP contribution >= 0.6 is 11.3 Å². The third-order valence-electron chi connectivity index (χ3n) is 6.46. The fourth-order valence-electron chi connectivity index (χ4n) is 4.16. The molecule has 220 valence electrons. The number of aromatic nitrogens is 5. The molecule has 2 N–H and O–H groups in total. The third-order valence-corrected chi connectivity index (χ3v) is 7.46. The van der Waals surface area contributed by atoms with Crippen molar-refractivity contribution < 1.29 is 27.5 Å². The Balaban J connectivity index is 1.31. The molecule has 44 heavy (non-hydrogen) atoms. The molecule has 1 atom stereocenters. The molecule has 0 bridgehead atoms. The van der Waals surface area contributed by atoms with Crippen molar-refractivity contribution in [3.8, 4) is 17.9 Å². The number of alkyl halides is 2. The predicted octanol–water partition coefficient (Wildman–Crippen LogP) is 4.29. The molecule has 14 heteroatoms. The SMILES string of the molecule is N#Cc1ccc(CNC(=O)c2ccc(C#Cc3ccc(C(F)(F)C(O)(Cn4cnnn4)c4ccc(F)cc4F)nc3)s2)cc1. The minimum atomic E-state index is -4.20. The number of pyridine rings is 1. The molecule has 0 aliphatic carbocycles. The van der Waals surface area contributed by atoms with E-state index in [0.29, 0.717) is 21.4 Å². The summed E-state index contributed by atoms with van der Waals surface area (Å²) in [6.45, 7) is -0.703. The summed E-state index contributed by atoms with van der Waals surface area (Å²) in [5.41, 5.74) is -3.44. The number of benzene rings is 2. The summed E-state index contributed by atoms with van der Waals surface area (Å²) in [5, 5.41) is 33.1. The van der Waals surface area contributed by atoms with E-state index in [0.717, 1.165) is 52.3 Å². The van der Waals surface area contributed by atoms with Crippen molar-refractivity contribution in [1.29, 1.82) is 5.26 Å². The minimum absolute atomic E-state index is 0.252. The number of aliphatic hydroxyl groups is 1. The molecule has 2 aromatic carbocycles. The van der Waals surface area contributed by atoms with Gasteiger partial charge in [0, 0.05) is 29.9 Å². The largest absolute Gasteiger partial charge is 0.377 e. The van der Waals surface area contributed by atoms with Crippen LogP contribution in [0.25, 0.3) is 0 Å². The van der Waals surface area contributed by atoms with Gasteiger partial charge in [-0.05, 0) is 64.5 Å². The van der Waals surface area contributed by atoms with Crippen LogP contribution < -0.4 is 5.32 Å². The molecule has 0 aliphatic heterocycles. The van der Waals surface area contributed by atoms with Crippen LogP contribution in [0.15, 0.2) is 79.3 Å². The quantitative estimate of drug-likeness (QED) is 0.196. The summed E-state index contributed by atoms with van der Waals surface area (Å²) < 4.78 is 60.8. The monoisotopic (exact) mass is 617 g/mol. The molecule has 9 nitrogen and oxygen atoms in total. The zero-order valence-electron chi connectivity index (χ0n) is 22.4. The molecule has 0 saturated heterocycles. The number of nitrogens with zero attached hydrogens (tertiary/aromatic N) is 6. The average molecular weight is 618 g/mol. The van der Waals surface area contributed by atoms with Gasteiger partial charge in [0.15, 0.2) is 5.60 Å². The number of carbonyl (C=O) groups is 1. The van der Waals surface area contributed by atoms with Crippen LogP contribution in [0.5, 0.6) is 0 Å². The summed E-state index contributed by atoms with van der Waals surface area (Å²) in [6, 6.07) is 16.1. The zero-order chi connectivity index (χ0) is 31.3. The third kappa shape index (κ3) is 6.32. The Hall–Kier alpha value is -5.44. The molecule has 3 heterocycles. The molecular weight excluding hydrogens is 598 g/mol. The molecule has 1 unspecified atom stereocenters. The molecule has 0 radical (unpaired) electrons. The molecule has 5 aromatic rings. The molecule has 1 amide bonds. The number of amides is 1. The van der Waals surface area contributed by atoms with Crippen molar-refractivity contribution in [2.45, 2.75) is 24.6 Å². The number of hydrogen-bond acceptors (Lipinski definition) is 8. The van der Waals surface area contributed by atoms with Gasteiger partial charge in [-0.25, -0.2) is 13.5 Å². The molecule has 0 aliphatic rings. The Bertz CT molecular complexity index is 1890. The summed E-state index contributed by atoms with van der Waals surface area (Å²) >= 11 is 1.13. The number of halogens is 4. The standard InChI is InChI=1S/C30H19F4N7O2S/c31-22-7-10-24(25(32)13-22)29(43,17-41-18-38-39-40-41)30(33,34)27-12-6-21(15-36-27)5-8-23-9-11-26(44-23)28(42)37-16-20-3-1-19(14-35)2-4-20/h1-4,6-7,9-13,15,18,43H,16-17H2,(H,37,42). The number of tetrazole rings is 1. The van der Waals surface area contributed by atoms with E-state index in [-0.39, 0.29) is 18.0 Å². The lowest BCUT2D eigenvalue weighted by molar-refractivity contribution is -0.207. The van der Waals surface area contributed by atoms with Crippen LogP contribution in [0.1, 0.15) is 42.5 Å². The summed E-state index contributed by atoms with van der Waals surface area (Å²) in [5.74, 6) is -1.28. The lowest BCUT2D eigenvalue weighted by Crippen LogP contribution is -2.48. The van der Waals surface area contributed by atoms with E-state index in [1.807, 2.05) is 6.07 Å². The van der Waals surface area contributed by atoms with Gasteiger partial charge in [0.25, 0.3) is 5.91 Å². The highest BCUT2D eigenvalue weighted by Crippen LogP contribution is 2.46. The Morgan fingerprint density at radius 1 is 1.02 bits per heavy atom. The van der Waals surface area contributed by atoms with Crippen LogP contribution in [0.3, 0.4) is 0 Å². The fourth-order valence-corrected chi connectivity index (χ4v) is 4.93. The van der Waals surface area contributed by atoms with Crippen molar-refractivity contribution in [2.75, 3.05) is 0 Å². The van der Waals surface area contributed by atoms with Crippen molar-refractivity contribution in [1.82, 2.24) is 30.5 Å². The molecule has 5 rings (SSSR count). The van der Waals surface area contributed by atoms with Gasteiger partial charge in [0.05, 0.1) is 27.9 Å². The van der Waals surface area contributed by atoms with Gasteiger partial charge in [-0.2, -0.15) is 14.0 Å². The van der Waals surface area contributed by atoms with Gasteiger partial charge in [-0.15, -0.1) is 16.4 Å². The summed E-state index contributed by atoms with van der Waals surface area (Å²) in [7, 11) is 0. The lowest BCUT2D eigenvalue weighted by atomic mass is 9.84. The smallest absolute Gasteiger partial charge is 0.323 e. The topological polar surface area (TPSA) is 130 Å². The van der Waals surface area contributed by atoms with Crippen molar-refractivity contribution in [2.24, 2.45) is 0 Å². The number of thiophene rings is 1. The maximum atomic E-state index is 15.9. The van der Waals surface area contributed by atoms with E-state index >= 15 is 8.78 Å². The molecular formula is C30H19F4N7O2S. The van der Waals surface area contributed by atoms with Crippen LogP contribution in [0.4, 0.5) is 17.6 Å². The molecule has 0 saturated carbocycles. The second-order valence-electron chi connectivity index (χ2n) is 9.40. The zero-order valence-corrected chi connectivity index (χ0v) is 23.2. The second kappa shape index (κ2) is 12.4. The summed E-state index contributed by atoms with van der Waals surface area (Å²) in [4.78, 5) is 17.2. The summed E-state index contributed by atoms with van der Waals surface area (Å²) in [6.07, 6.45) is 2.02. The second-order valence-corrected chi connectivity index (χ2v) is 10.5. The Morgan fingerprint density at radius 3 is 2.45 bits per heavy atom. The van der Waals surface area contributed by atoms with Crippen LogP contribution in [0, 0.1) is 34.8 Å². The minimum Gasteiger partial charge on any atom is -0.377 e. The predicted molar refractivity (Wildman–Crippen MR) is 149 cm³/mol. The number of nitriles is 1. The van der Waals surface area contributed by atoms with Crippen LogP contribution in [0.2, 0.25) is 0 Å². The van der Waals surface area contributed by atoms with Crippen molar-refractivity contribution in [3.63, 3.8) is 0 Å². The van der Waals surface area contributed by atoms with E-state index in [1.165, 1.54) is 6.07 Å². The average Bonchev–Trinajstić information content (AvgIpc) is 3.72. The molecule has 0 fully saturated rings. The van der Waals surface area contributed by atoms with E-state index in [4.69, 9.17) is 5.26 Å². The maximum absolute atomic E-state index is 15.9. The van der Waals surface area contributed by atoms with Gasteiger partial charge >= 0.3 is 5.92 Å². The van der Waals surface area contributed by atoms with Gasteiger partial charge in [-0.1, -0.05) is 24.0 Å². The molecule has 3 aromatic heterocycles. The highest BCUT2D eigenvalue weighted by molar-refractivity contribution is 7.14. The van der Waals surface area contributed by atoms with E-state index < -0.39 is 41.0 Å². The Kier molecular flexibility index (Phi) is 8.48. The van der Waals surface area contributed by atoms with Crippen LogP contribution in [-0.2, 0) is 24.6 Å². The van der Waals surface area contributed by atoms with Gasteiger partial charge < -0.3 is 10.4 Å². The van der Waals surface area contributed by atoms with Gasteiger partial charge in [-0.3, -0.25) is 9.78 Å². The first kappa shape index (κ1) is 30.0. The Morgan fingerprint density at radius 2 is 1.80 bits per heavy atom. The lowest BCUT2D eigenvalue weighted by Gasteiger charge is -2.35. The maximum Gasteiger partial charge on any atom is 0.323 e. The van der Waals surface area contributed by atoms with Crippen LogP contribution in [-0.4, -0.2) is 36.2 Å². The van der Waals surface area contributed by atoms with Gasteiger partial charge in [0.1, 0.15) is 23.7 Å². The number of rotatable bonds is 8. The first-order valence-corrected chi connectivity index (χ1v) is 13.5. The normalized spacial score (nSPS) is 12.5.